The first-order valence-corrected chi connectivity index (χ1v) is 6.70. The van der Waals surface area contributed by atoms with Crippen LogP contribution in [0.15, 0.2) is 28.8 Å². The van der Waals surface area contributed by atoms with Gasteiger partial charge in [0.25, 0.3) is 0 Å². The Morgan fingerprint density at radius 2 is 2.20 bits per heavy atom. The summed E-state index contributed by atoms with van der Waals surface area (Å²) < 4.78 is 5.19. The highest BCUT2D eigenvalue weighted by atomic mass is 35.5. The van der Waals surface area contributed by atoms with E-state index in [1.807, 2.05) is 18.2 Å². The van der Waals surface area contributed by atoms with Gasteiger partial charge in [0.2, 0.25) is 17.6 Å². The van der Waals surface area contributed by atoms with Crippen molar-refractivity contribution in [2.75, 3.05) is 13.1 Å². The Bertz CT molecular complexity index is 628. The maximum atomic E-state index is 11.6. The average Bonchev–Trinajstić information content (AvgIpc) is 2.90. The van der Waals surface area contributed by atoms with Gasteiger partial charge in [0.1, 0.15) is 0 Å². The number of carbonyl (C=O) groups excluding carboxylic acids is 1. The summed E-state index contributed by atoms with van der Waals surface area (Å²) in [7, 11) is 0. The summed E-state index contributed by atoms with van der Waals surface area (Å²) in [6, 6.07) is 6.95. The molecule has 0 aliphatic carbocycles. The van der Waals surface area contributed by atoms with Gasteiger partial charge in [0.15, 0.2) is 0 Å². The molecular weight excluding hydrogens is 280 g/mol. The molecule has 2 heterocycles. The Hall–Kier alpha value is -1.92. The van der Waals surface area contributed by atoms with Crippen molar-refractivity contribution in [1.82, 2.24) is 20.8 Å². The zero-order chi connectivity index (χ0) is 13.9. The fourth-order valence-electron chi connectivity index (χ4n) is 2.08. The van der Waals surface area contributed by atoms with Gasteiger partial charge >= 0.3 is 0 Å². The predicted molar refractivity (Wildman–Crippen MR) is 73.2 cm³/mol. The van der Waals surface area contributed by atoms with E-state index >= 15 is 0 Å². The molecule has 1 aromatic carbocycles. The fourth-order valence-corrected chi connectivity index (χ4v) is 2.30. The number of benzene rings is 1. The average molecular weight is 293 g/mol. The first kappa shape index (κ1) is 13.1. The molecule has 0 radical (unpaired) electrons. The summed E-state index contributed by atoms with van der Waals surface area (Å²) in [5.41, 5.74) is 0.713. The Labute approximate surface area is 120 Å². The number of aromatic nitrogens is 2. The third-order valence-electron chi connectivity index (χ3n) is 3.09. The minimum Gasteiger partial charge on any atom is -0.353 e. The van der Waals surface area contributed by atoms with Crippen LogP contribution in [-0.4, -0.2) is 35.2 Å². The van der Waals surface area contributed by atoms with Gasteiger partial charge in [-0.1, -0.05) is 28.9 Å². The number of nitrogens with one attached hydrogen (secondary N) is 2. The van der Waals surface area contributed by atoms with E-state index in [2.05, 4.69) is 20.8 Å². The standard InChI is InChI=1S/C13H13ClN4O2/c14-9-4-2-1-3-8(9)12-17-11(20-18-12)7-10-13(19)16-6-5-15-10/h1-4,10,15H,5-7H2,(H,16,19). The minimum atomic E-state index is -0.330. The van der Waals surface area contributed by atoms with Gasteiger partial charge in [-0.2, -0.15) is 4.98 Å². The Morgan fingerprint density at radius 3 is 3.00 bits per heavy atom. The lowest BCUT2D eigenvalue weighted by molar-refractivity contribution is -0.124. The molecule has 1 amide bonds. The number of nitrogens with zero attached hydrogens (tertiary/aromatic N) is 2. The molecule has 1 aromatic heterocycles. The van der Waals surface area contributed by atoms with Crippen LogP contribution in [0.2, 0.25) is 5.02 Å². The molecule has 1 fully saturated rings. The van der Waals surface area contributed by atoms with Crippen LogP contribution < -0.4 is 10.6 Å². The number of hydrogen-bond donors (Lipinski definition) is 2. The summed E-state index contributed by atoms with van der Waals surface area (Å²) in [6.07, 6.45) is 0.364. The Balaban J connectivity index is 1.77. The van der Waals surface area contributed by atoms with Crippen LogP contribution in [0.4, 0.5) is 0 Å². The molecule has 0 bridgehead atoms. The molecule has 104 valence electrons. The number of rotatable bonds is 3. The Morgan fingerprint density at radius 1 is 1.35 bits per heavy atom. The van der Waals surface area contributed by atoms with Crippen molar-refractivity contribution in [2.45, 2.75) is 12.5 Å². The first-order chi connectivity index (χ1) is 9.74. The molecule has 2 aromatic rings. The highest BCUT2D eigenvalue weighted by molar-refractivity contribution is 6.33. The van der Waals surface area contributed by atoms with Crippen molar-refractivity contribution in [3.05, 3.63) is 35.2 Å². The highest BCUT2D eigenvalue weighted by Gasteiger charge is 2.24. The van der Waals surface area contributed by atoms with Crippen molar-refractivity contribution in [3.8, 4) is 11.4 Å². The van der Waals surface area contributed by atoms with Crippen LogP contribution in [0.3, 0.4) is 0 Å². The maximum absolute atomic E-state index is 11.6. The van der Waals surface area contributed by atoms with Crippen LogP contribution >= 0.6 is 11.6 Å². The molecule has 20 heavy (non-hydrogen) atoms. The monoisotopic (exact) mass is 292 g/mol. The van der Waals surface area contributed by atoms with Gasteiger partial charge < -0.3 is 15.2 Å². The zero-order valence-electron chi connectivity index (χ0n) is 10.6. The summed E-state index contributed by atoms with van der Waals surface area (Å²) in [5, 5.41) is 10.4. The molecule has 1 aliphatic heterocycles. The smallest absolute Gasteiger partial charge is 0.237 e. The minimum absolute atomic E-state index is 0.0475. The van der Waals surface area contributed by atoms with Gasteiger partial charge in [0.05, 0.1) is 17.5 Å². The van der Waals surface area contributed by atoms with Crippen LogP contribution in [0.25, 0.3) is 11.4 Å². The molecule has 3 rings (SSSR count). The van der Waals surface area contributed by atoms with E-state index < -0.39 is 0 Å². The van der Waals surface area contributed by atoms with E-state index in [0.717, 1.165) is 6.54 Å². The van der Waals surface area contributed by atoms with E-state index in [1.165, 1.54) is 0 Å². The van der Waals surface area contributed by atoms with E-state index in [0.29, 0.717) is 35.3 Å². The van der Waals surface area contributed by atoms with Crippen molar-refractivity contribution >= 4 is 17.5 Å². The SMILES string of the molecule is O=C1NCCNC1Cc1nc(-c2ccccc2Cl)no1. The van der Waals surface area contributed by atoms with Crippen LogP contribution in [0.1, 0.15) is 5.89 Å². The quantitative estimate of drug-likeness (QED) is 0.883. The summed E-state index contributed by atoms with van der Waals surface area (Å²) in [5.74, 6) is 0.796. The van der Waals surface area contributed by atoms with Gasteiger partial charge in [-0.3, -0.25) is 4.79 Å². The van der Waals surface area contributed by atoms with Gasteiger partial charge in [-0.15, -0.1) is 0 Å². The molecule has 7 heteroatoms. The fraction of sp³-hybridized carbons (Fsp3) is 0.308. The molecule has 1 aliphatic rings. The predicted octanol–water partition coefficient (Wildman–Crippen LogP) is 1.02. The number of hydrogen-bond acceptors (Lipinski definition) is 5. The van der Waals surface area contributed by atoms with Crippen molar-refractivity contribution in [1.29, 1.82) is 0 Å². The molecule has 0 saturated carbocycles. The lowest BCUT2D eigenvalue weighted by Crippen LogP contribution is -2.53. The first-order valence-electron chi connectivity index (χ1n) is 6.32. The lowest BCUT2D eigenvalue weighted by atomic mass is 10.1. The van der Waals surface area contributed by atoms with E-state index in [4.69, 9.17) is 16.1 Å². The van der Waals surface area contributed by atoms with Crippen molar-refractivity contribution in [3.63, 3.8) is 0 Å². The van der Waals surface area contributed by atoms with Crippen LogP contribution in [0, 0.1) is 0 Å². The summed E-state index contributed by atoms with van der Waals surface area (Å²) in [4.78, 5) is 15.9. The Kier molecular flexibility index (Phi) is 3.66. The molecule has 2 N–H and O–H groups in total. The molecule has 6 nitrogen and oxygen atoms in total. The van der Waals surface area contributed by atoms with Gasteiger partial charge in [-0.25, -0.2) is 0 Å². The number of halogens is 1. The second-order valence-corrected chi connectivity index (χ2v) is 4.90. The van der Waals surface area contributed by atoms with Crippen molar-refractivity contribution in [2.24, 2.45) is 0 Å². The second kappa shape index (κ2) is 5.60. The van der Waals surface area contributed by atoms with Gasteiger partial charge in [-0.05, 0) is 12.1 Å². The van der Waals surface area contributed by atoms with Crippen LogP contribution in [0.5, 0.6) is 0 Å². The molecule has 1 saturated heterocycles. The van der Waals surface area contributed by atoms with Gasteiger partial charge in [0, 0.05) is 18.7 Å². The normalized spacial score (nSPS) is 18.9. The third kappa shape index (κ3) is 2.66. The van der Waals surface area contributed by atoms with E-state index in [1.54, 1.807) is 6.07 Å². The lowest BCUT2D eigenvalue weighted by Gasteiger charge is -2.21. The number of piperazine rings is 1. The van der Waals surface area contributed by atoms with E-state index in [-0.39, 0.29) is 11.9 Å². The third-order valence-corrected chi connectivity index (χ3v) is 3.42. The summed E-state index contributed by atoms with van der Waals surface area (Å²) >= 11 is 6.08. The maximum Gasteiger partial charge on any atom is 0.237 e. The highest BCUT2D eigenvalue weighted by Crippen LogP contribution is 2.25. The second-order valence-electron chi connectivity index (χ2n) is 4.49. The van der Waals surface area contributed by atoms with Crippen molar-refractivity contribution < 1.29 is 9.32 Å². The number of amides is 1. The summed E-state index contributed by atoms with van der Waals surface area (Å²) in [6.45, 7) is 1.38. The topological polar surface area (TPSA) is 80.0 Å². The largest absolute Gasteiger partial charge is 0.353 e. The molecule has 1 atom stereocenters. The molecule has 1 unspecified atom stereocenters. The molecular formula is C13H13ClN4O2. The number of carbonyl (C=O) groups is 1. The van der Waals surface area contributed by atoms with E-state index in [9.17, 15) is 4.79 Å². The van der Waals surface area contributed by atoms with Crippen LogP contribution in [-0.2, 0) is 11.2 Å². The molecule has 0 spiro atoms. The zero-order valence-corrected chi connectivity index (χ0v) is 11.4.